The first kappa shape index (κ1) is 18.2. The molecule has 2 aromatic rings. The van der Waals surface area contributed by atoms with Crippen LogP contribution in [0.25, 0.3) is 10.9 Å². The molecule has 0 saturated heterocycles. The van der Waals surface area contributed by atoms with E-state index in [9.17, 15) is 9.59 Å². The lowest BCUT2D eigenvalue weighted by molar-refractivity contribution is -0.122. The van der Waals surface area contributed by atoms with Crippen LogP contribution >= 0.6 is 0 Å². The Labute approximate surface area is 159 Å². The SMILES string of the molecule is Cc1c(CO[C@H]2CC[C@H](NC(=O)CC3CC3)CC2)[nH]c2ccccc2c1=O. The summed E-state index contributed by atoms with van der Waals surface area (Å²) in [6, 6.07) is 7.88. The molecule has 1 amide bonds. The van der Waals surface area contributed by atoms with Gasteiger partial charge in [0.1, 0.15) is 0 Å². The van der Waals surface area contributed by atoms with Gasteiger partial charge < -0.3 is 15.0 Å². The molecule has 0 spiro atoms. The first-order chi connectivity index (χ1) is 13.1. The lowest BCUT2D eigenvalue weighted by Gasteiger charge is -2.29. The molecular formula is C22H28N2O3. The summed E-state index contributed by atoms with van der Waals surface area (Å²) in [6.45, 7) is 2.28. The number of aromatic nitrogens is 1. The normalized spacial score (nSPS) is 22.7. The largest absolute Gasteiger partial charge is 0.372 e. The molecule has 2 aliphatic rings. The zero-order valence-electron chi connectivity index (χ0n) is 15.9. The van der Waals surface area contributed by atoms with E-state index in [2.05, 4.69) is 10.3 Å². The number of carbonyl (C=O) groups excluding carboxylic acids is 1. The number of carbonyl (C=O) groups is 1. The van der Waals surface area contributed by atoms with Gasteiger partial charge in [0, 0.05) is 34.6 Å². The highest BCUT2D eigenvalue weighted by molar-refractivity contribution is 5.79. The molecule has 4 rings (SSSR count). The Bertz CT molecular complexity index is 877. The van der Waals surface area contributed by atoms with Gasteiger partial charge in [-0.15, -0.1) is 0 Å². The van der Waals surface area contributed by atoms with Crippen molar-refractivity contribution in [1.82, 2.24) is 10.3 Å². The first-order valence-electron chi connectivity index (χ1n) is 10.1. The van der Waals surface area contributed by atoms with Crippen molar-refractivity contribution in [3.05, 3.63) is 45.7 Å². The average Bonchev–Trinajstić information content (AvgIpc) is 3.48. The van der Waals surface area contributed by atoms with Crippen LogP contribution < -0.4 is 10.7 Å². The molecule has 27 heavy (non-hydrogen) atoms. The van der Waals surface area contributed by atoms with Crippen molar-refractivity contribution >= 4 is 16.8 Å². The highest BCUT2D eigenvalue weighted by atomic mass is 16.5. The lowest BCUT2D eigenvalue weighted by atomic mass is 9.92. The van der Waals surface area contributed by atoms with Crippen LogP contribution in [0.5, 0.6) is 0 Å². The maximum Gasteiger partial charge on any atom is 0.220 e. The van der Waals surface area contributed by atoms with E-state index in [4.69, 9.17) is 4.74 Å². The maximum absolute atomic E-state index is 12.5. The van der Waals surface area contributed by atoms with E-state index in [0.717, 1.165) is 47.8 Å². The summed E-state index contributed by atoms with van der Waals surface area (Å²) >= 11 is 0. The number of H-pyrrole nitrogens is 1. The second-order valence-corrected chi connectivity index (χ2v) is 8.10. The molecule has 5 nitrogen and oxygen atoms in total. The molecule has 0 unspecified atom stereocenters. The van der Waals surface area contributed by atoms with Gasteiger partial charge >= 0.3 is 0 Å². The summed E-state index contributed by atoms with van der Waals surface area (Å²) in [7, 11) is 0. The molecule has 2 saturated carbocycles. The third kappa shape index (κ3) is 4.41. The van der Waals surface area contributed by atoms with Crippen molar-refractivity contribution < 1.29 is 9.53 Å². The van der Waals surface area contributed by atoms with Crippen molar-refractivity contribution in [2.24, 2.45) is 5.92 Å². The molecule has 0 atom stereocenters. The van der Waals surface area contributed by atoms with Crippen LogP contribution in [0.3, 0.4) is 0 Å². The van der Waals surface area contributed by atoms with Crippen molar-refractivity contribution in [3.8, 4) is 0 Å². The van der Waals surface area contributed by atoms with Gasteiger partial charge in [0.05, 0.1) is 12.7 Å². The van der Waals surface area contributed by atoms with Crippen molar-refractivity contribution in [2.75, 3.05) is 0 Å². The molecule has 144 valence electrons. The van der Waals surface area contributed by atoms with Crippen LogP contribution in [0.4, 0.5) is 0 Å². The van der Waals surface area contributed by atoms with E-state index >= 15 is 0 Å². The number of hydrogen-bond donors (Lipinski definition) is 2. The predicted molar refractivity (Wildman–Crippen MR) is 106 cm³/mol. The summed E-state index contributed by atoms with van der Waals surface area (Å²) in [5.74, 6) is 0.850. The monoisotopic (exact) mass is 368 g/mol. The van der Waals surface area contributed by atoms with Crippen molar-refractivity contribution in [3.63, 3.8) is 0 Å². The van der Waals surface area contributed by atoms with Gasteiger partial charge in [-0.2, -0.15) is 0 Å². The second-order valence-electron chi connectivity index (χ2n) is 8.10. The Hall–Kier alpha value is -2.14. The van der Waals surface area contributed by atoms with E-state index in [1.54, 1.807) is 0 Å². The first-order valence-corrected chi connectivity index (χ1v) is 10.1. The summed E-state index contributed by atoms with van der Waals surface area (Å²) in [5, 5.41) is 3.90. The molecule has 1 aromatic heterocycles. The molecule has 2 aliphatic carbocycles. The maximum atomic E-state index is 12.5. The van der Waals surface area contributed by atoms with Gasteiger partial charge in [-0.3, -0.25) is 9.59 Å². The number of para-hydroxylation sites is 1. The number of rotatable bonds is 6. The fourth-order valence-electron chi connectivity index (χ4n) is 3.98. The average molecular weight is 368 g/mol. The molecule has 1 aromatic carbocycles. The molecule has 0 aliphatic heterocycles. The molecule has 2 N–H and O–H groups in total. The second kappa shape index (κ2) is 7.85. The van der Waals surface area contributed by atoms with Gasteiger partial charge in [-0.05, 0) is 63.5 Å². The van der Waals surface area contributed by atoms with Gasteiger partial charge in [-0.25, -0.2) is 0 Å². The standard InChI is InChI=1S/C22H28N2O3/c1-14-20(24-19-5-3-2-4-18(19)22(14)26)13-27-17-10-8-16(9-11-17)23-21(25)12-15-6-7-15/h2-5,15-17H,6-13H2,1H3,(H,23,25)(H,24,26)/t16-,17-. The number of fused-ring (bicyclic) bond motifs is 1. The molecule has 2 fully saturated rings. The summed E-state index contributed by atoms with van der Waals surface area (Å²) < 4.78 is 6.10. The Morgan fingerprint density at radius 1 is 1.15 bits per heavy atom. The summed E-state index contributed by atoms with van der Waals surface area (Å²) in [6.07, 6.45) is 7.15. The summed E-state index contributed by atoms with van der Waals surface area (Å²) in [4.78, 5) is 27.8. The van der Waals surface area contributed by atoms with Gasteiger partial charge in [0.15, 0.2) is 5.43 Å². The van der Waals surface area contributed by atoms with E-state index in [0.29, 0.717) is 25.0 Å². The fraction of sp³-hybridized carbons (Fsp3) is 0.545. The third-order valence-electron chi connectivity index (χ3n) is 5.92. The molecule has 5 heteroatoms. The Kier molecular flexibility index (Phi) is 5.30. The Balaban J connectivity index is 1.30. The topological polar surface area (TPSA) is 71.2 Å². The predicted octanol–water partition coefficient (Wildman–Crippen LogP) is 3.58. The highest BCUT2D eigenvalue weighted by Crippen LogP contribution is 2.32. The van der Waals surface area contributed by atoms with E-state index < -0.39 is 0 Å². The van der Waals surface area contributed by atoms with E-state index in [-0.39, 0.29) is 17.4 Å². The number of ether oxygens (including phenoxy) is 1. The minimum Gasteiger partial charge on any atom is -0.372 e. The Morgan fingerprint density at radius 2 is 1.89 bits per heavy atom. The van der Waals surface area contributed by atoms with Crippen LogP contribution in [0.15, 0.2) is 29.1 Å². The number of pyridine rings is 1. The van der Waals surface area contributed by atoms with Gasteiger partial charge in [0.2, 0.25) is 5.91 Å². The quantitative estimate of drug-likeness (QED) is 0.819. The number of amides is 1. The number of aromatic amines is 1. The van der Waals surface area contributed by atoms with E-state index in [1.165, 1.54) is 12.8 Å². The number of nitrogens with one attached hydrogen (secondary N) is 2. The van der Waals surface area contributed by atoms with Crippen LogP contribution in [0.2, 0.25) is 0 Å². The molecule has 0 radical (unpaired) electrons. The molecular weight excluding hydrogens is 340 g/mol. The third-order valence-corrected chi connectivity index (χ3v) is 5.92. The van der Waals surface area contributed by atoms with Crippen LogP contribution in [0.1, 0.15) is 56.2 Å². The van der Waals surface area contributed by atoms with Gasteiger partial charge in [-0.1, -0.05) is 12.1 Å². The lowest BCUT2D eigenvalue weighted by Crippen LogP contribution is -2.39. The fourth-order valence-corrected chi connectivity index (χ4v) is 3.98. The molecule has 1 heterocycles. The summed E-state index contributed by atoms with van der Waals surface area (Å²) in [5.41, 5.74) is 2.52. The minimum atomic E-state index is 0.0741. The van der Waals surface area contributed by atoms with Crippen molar-refractivity contribution in [2.45, 2.75) is 70.6 Å². The van der Waals surface area contributed by atoms with E-state index in [1.807, 2.05) is 31.2 Å². The number of benzene rings is 1. The number of hydrogen-bond acceptors (Lipinski definition) is 3. The Morgan fingerprint density at radius 3 is 2.63 bits per heavy atom. The van der Waals surface area contributed by atoms with Gasteiger partial charge in [0.25, 0.3) is 0 Å². The van der Waals surface area contributed by atoms with Crippen LogP contribution in [-0.4, -0.2) is 23.0 Å². The highest BCUT2D eigenvalue weighted by Gasteiger charge is 2.27. The minimum absolute atomic E-state index is 0.0741. The molecule has 0 bridgehead atoms. The van der Waals surface area contributed by atoms with Crippen LogP contribution in [-0.2, 0) is 16.1 Å². The van der Waals surface area contributed by atoms with Crippen LogP contribution in [0, 0.1) is 12.8 Å². The van der Waals surface area contributed by atoms with Crippen molar-refractivity contribution in [1.29, 1.82) is 0 Å². The smallest absolute Gasteiger partial charge is 0.220 e. The zero-order chi connectivity index (χ0) is 18.8. The zero-order valence-corrected chi connectivity index (χ0v) is 15.9.